The number of carbonyl (C=O) groups is 2. The summed E-state index contributed by atoms with van der Waals surface area (Å²) >= 11 is 3.54. The first kappa shape index (κ1) is 32.0. The van der Waals surface area contributed by atoms with Gasteiger partial charge in [-0.15, -0.1) is 0 Å². The first-order valence-electron chi connectivity index (χ1n) is 17.1. The van der Waals surface area contributed by atoms with E-state index in [2.05, 4.69) is 70.2 Å². The summed E-state index contributed by atoms with van der Waals surface area (Å²) in [6, 6.07) is 26.2. The van der Waals surface area contributed by atoms with Crippen molar-refractivity contribution in [2.45, 2.75) is 64.1 Å². The number of imide groups is 1. The van der Waals surface area contributed by atoms with E-state index in [-0.39, 0.29) is 47.5 Å². The van der Waals surface area contributed by atoms with Crippen LogP contribution in [-0.4, -0.2) is 58.6 Å². The number of aromatic hydroxyl groups is 1. The molecule has 244 valence electrons. The van der Waals surface area contributed by atoms with Gasteiger partial charge < -0.3 is 9.84 Å². The minimum atomic E-state index is -0.317. The molecule has 47 heavy (non-hydrogen) atoms. The molecule has 3 aliphatic heterocycles. The van der Waals surface area contributed by atoms with Crippen LogP contribution in [0.3, 0.4) is 0 Å². The molecule has 0 unspecified atom stereocenters. The molecule has 3 aromatic carbocycles. The Kier molecular flexibility index (Phi) is 9.49. The highest BCUT2D eigenvalue weighted by Gasteiger charge is 2.58. The lowest BCUT2D eigenvalue weighted by Gasteiger charge is -2.36. The zero-order valence-corrected chi connectivity index (χ0v) is 28.6. The average Bonchev–Trinajstić information content (AvgIpc) is 3.63. The minimum Gasteiger partial charge on any atom is -0.507 e. The number of piperidine rings is 1. The summed E-state index contributed by atoms with van der Waals surface area (Å²) < 4.78 is 7.43. The largest absolute Gasteiger partial charge is 0.507 e. The number of halogens is 1. The number of phenolic OH excluding ortho intramolecular Hbond substituents is 1. The van der Waals surface area contributed by atoms with Crippen LogP contribution in [0.4, 0.5) is 0 Å². The summed E-state index contributed by atoms with van der Waals surface area (Å²) in [5.41, 5.74) is 6.86. The highest BCUT2D eigenvalue weighted by atomic mass is 79.9. The van der Waals surface area contributed by atoms with Gasteiger partial charge in [0.1, 0.15) is 5.75 Å². The summed E-state index contributed by atoms with van der Waals surface area (Å²) in [6.07, 6.45) is 6.69. The van der Waals surface area contributed by atoms with Crippen molar-refractivity contribution in [3.63, 3.8) is 0 Å². The molecule has 0 bridgehead atoms. The number of hydrogen-bond acceptors (Lipinski definition) is 5. The summed E-state index contributed by atoms with van der Waals surface area (Å²) in [5.74, 6) is -0.315. The van der Waals surface area contributed by atoms with E-state index in [1.165, 1.54) is 16.7 Å². The van der Waals surface area contributed by atoms with Crippen molar-refractivity contribution < 1.29 is 19.4 Å². The third kappa shape index (κ3) is 6.50. The van der Waals surface area contributed by atoms with E-state index in [1.807, 2.05) is 36.4 Å². The lowest BCUT2D eigenvalue weighted by molar-refractivity contribution is -0.144. The van der Waals surface area contributed by atoms with E-state index in [0.717, 1.165) is 72.9 Å². The highest BCUT2D eigenvalue weighted by Crippen LogP contribution is 2.51. The van der Waals surface area contributed by atoms with Gasteiger partial charge in [-0.25, -0.2) is 0 Å². The second-order valence-electron chi connectivity index (χ2n) is 13.5. The Labute approximate surface area is 286 Å². The molecule has 0 radical (unpaired) electrons. The molecular formula is C40H43BrN2O4. The number of benzene rings is 3. The van der Waals surface area contributed by atoms with Crippen LogP contribution in [0.1, 0.15) is 62.1 Å². The number of likely N-dealkylation sites (tertiary alicyclic amines) is 2. The number of fused-ring (bicyclic) bond motifs is 3. The number of ether oxygens (including phenoxy) is 1. The predicted octanol–water partition coefficient (Wildman–Crippen LogP) is 7.87. The van der Waals surface area contributed by atoms with Gasteiger partial charge in [-0.1, -0.05) is 89.1 Å². The minimum absolute atomic E-state index is 0.0210. The molecule has 1 N–H and O–H groups in total. The van der Waals surface area contributed by atoms with Crippen LogP contribution in [0.2, 0.25) is 0 Å². The van der Waals surface area contributed by atoms with E-state index in [0.29, 0.717) is 13.0 Å². The van der Waals surface area contributed by atoms with Gasteiger partial charge in [-0.3, -0.25) is 19.4 Å². The monoisotopic (exact) mass is 694 g/mol. The van der Waals surface area contributed by atoms with Gasteiger partial charge in [0.05, 0.1) is 24.5 Å². The molecule has 3 heterocycles. The number of rotatable bonds is 9. The zero-order valence-electron chi connectivity index (χ0n) is 27.0. The molecular weight excluding hydrogens is 652 g/mol. The van der Waals surface area contributed by atoms with Gasteiger partial charge in [-0.05, 0) is 85.1 Å². The third-order valence-electron chi connectivity index (χ3n) is 10.8. The van der Waals surface area contributed by atoms with Crippen molar-refractivity contribution >= 4 is 39.4 Å². The van der Waals surface area contributed by atoms with Crippen LogP contribution in [0, 0.1) is 17.8 Å². The van der Waals surface area contributed by atoms with E-state index < -0.39 is 0 Å². The normalized spacial score (nSPS) is 25.4. The number of amides is 2. The fraction of sp³-hybridized carbons (Fsp3) is 0.400. The fourth-order valence-corrected chi connectivity index (χ4v) is 8.82. The van der Waals surface area contributed by atoms with Gasteiger partial charge in [0, 0.05) is 41.6 Å². The topological polar surface area (TPSA) is 70.1 Å². The van der Waals surface area contributed by atoms with Crippen molar-refractivity contribution in [3.05, 3.63) is 111 Å². The average molecular weight is 696 g/mol. The first-order valence-corrected chi connectivity index (χ1v) is 17.9. The first-order chi connectivity index (χ1) is 22.9. The molecule has 6 nitrogen and oxygen atoms in total. The molecule has 4 atom stereocenters. The molecule has 4 aliphatic rings. The quantitative estimate of drug-likeness (QED) is 0.140. The molecule has 0 saturated carbocycles. The van der Waals surface area contributed by atoms with Crippen molar-refractivity contribution in [2.75, 3.05) is 19.7 Å². The van der Waals surface area contributed by atoms with Crippen LogP contribution in [0.5, 0.6) is 5.75 Å². The lowest BCUT2D eigenvalue weighted by atomic mass is 9.69. The highest BCUT2D eigenvalue weighted by molar-refractivity contribution is 9.10. The fourth-order valence-electron chi connectivity index (χ4n) is 8.44. The molecule has 7 rings (SSSR count). The number of nitrogens with zero attached hydrogens (tertiary/aromatic N) is 2. The lowest BCUT2D eigenvalue weighted by Crippen LogP contribution is -2.47. The van der Waals surface area contributed by atoms with Gasteiger partial charge in [0.15, 0.2) is 0 Å². The number of phenols is 1. The predicted molar refractivity (Wildman–Crippen MR) is 188 cm³/mol. The molecule has 1 aliphatic carbocycles. The third-order valence-corrected chi connectivity index (χ3v) is 11.3. The maximum Gasteiger partial charge on any atom is 0.234 e. The van der Waals surface area contributed by atoms with Crippen LogP contribution in [0.25, 0.3) is 11.6 Å². The second-order valence-corrected chi connectivity index (χ2v) is 14.4. The molecule has 0 aromatic heterocycles. The Balaban J connectivity index is 1.07. The van der Waals surface area contributed by atoms with Gasteiger partial charge >= 0.3 is 0 Å². The van der Waals surface area contributed by atoms with Crippen molar-refractivity contribution in [1.82, 2.24) is 9.80 Å². The molecule has 3 aromatic rings. The Morgan fingerprint density at radius 3 is 2.40 bits per heavy atom. The maximum absolute atomic E-state index is 14.2. The number of allylic oxidation sites excluding steroid dienone is 2. The molecule has 2 amide bonds. The van der Waals surface area contributed by atoms with Gasteiger partial charge in [-0.2, -0.15) is 0 Å². The van der Waals surface area contributed by atoms with E-state index in [1.54, 1.807) is 11.0 Å². The Morgan fingerprint density at radius 1 is 0.957 bits per heavy atom. The second kappa shape index (κ2) is 13.9. The summed E-state index contributed by atoms with van der Waals surface area (Å²) in [7, 11) is 0. The van der Waals surface area contributed by atoms with Gasteiger partial charge in [0.25, 0.3) is 0 Å². The number of carbonyl (C=O) groups excluding carboxylic acids is 2. The molecule has 7 heteroatoms. The number of hydrogen-bond donors (Lipinski definition) is 1. The Bertz CT molecular complexity index is 1680. The summed E-state index contributed by atoms with van der Waals surface area (Å²) in [6.45, 7) is 5.34. The standard InChI is InChI=1S/C40H43BrN2O4/c1-2-27-23-33-38(40(46)43(39(33)45)32-17-19-42(20-18-32)24-26-9-5-3-6-10-26)34-25-47-36(37(27)34)16-13-29(28-11-7-4-8-12-28)21-30-22-31(41)14-15-35(30)44/h3-12,14-15,21-22,32-34,36,38,44H,2,13,16-20,23-25H2,1H3/b29-21-/t33-,34+,36-,38-/m1/s1. The van der Waals surface area contributed by atoms with E-state index >= 15 is 0 Å². The molecule has 3 fully saturated rings. The van der Waals surface area contributed by atoms with Crippen LogP contribution in [0.15, 0.2) is 94.5 Å². The summed E-state index contributed by atoms with van der Waals surface area (Å²) in [4.78, 5) is 32.2. The zero-order chi connectivity index (χ0) is 32.5. The van der Waals surface area contributed by atoms with E-state index in [9.17, 15) is 14.7 Å². The van der Waals surface area contributed by atoms with Crippen LogP contribution >= 0.6 is 15.9 Å². The van der Waals surface area contributed by atoms with E-state index in [4.69, 9.17) is 4.74 Å². The Hall–Kier alpha value is -3.52. The van der Waals surface area contributed by atoms with Crippen molar-refractivity contribution in [3.8, 4) is 5.75 Å². The molecule has 3 saturated heterocycles. The molecule has 0 spiro atoms. The maximum atomic E-state index is 14.2. The van der Waals surface area contributed by atoms with Crippen LogP contribution < -0.4 is 0 Å². The van der Waals surface area contributed by atoms with Crippen LogP contribution in [-0.2, 0) is 20.9 Å². The SMILES string of the molecule is CCC1=C2[C@@H](CC/C(=C/c3cc(Br)ccc3O)c3ccccc3)OC[C@@H]2[C@@H]2C(=O)N(C3CCN(Cc4ccccc4)CC3)C(=O)[C@@H]2C1. The van der Waals surface area contributed by atoms with Crippen molar-refractivity contribution in [2.24, 2.45) is 17.8 Å². The Morgan fingerprint density at radius 2 is 1.68 bits per heavy atom. The smallest absolute Gasteiger partial charge is 0.234 e. The van der Waals surface area contributed by atoms with Gasteiger partial charge in [0.2, 0.25) is 11.8 Å². The summed E-state index contributed by atoms with van der Waals surface area (Å²) in [5, 5.41) is 10.6. The van der Waals surface area contributed by atoms with Crippen molar-refractivity contribution in [1.29, 1.82) is 0 Å².